The molecule has 0 unspecified atom stereocenters. The van der Waals surface area contributed by atoms with Crippen molar-refractivity contribution in [3.8, 4) is 0 Å². The number of rotatable bonds is 7. The molecule has 1 heterocycles. The molecule has 0 bridgehead atoms. The van der Waals surface area contributed by atoms with Gasteiger partial charge in [0, 0.05) is 30.6 Å². The van der Waals surface area contributed by atoms with E-state index in [0.29, 0.717) is 6.54 Å². The minimum absolute atomic E-state index is 0.00684. The summed E-state index contributed by atoms with van der Waals surface area (Å²) < 4.78 is 2.09. The summed E-state index contributed by atoms with van der Waals surface area (Å²) >= 11 is 0. The molecule has 0 amide bonds. The summed E-state index contributed by atoms with van der Waals surface area (Å²) in [4.78, 5) is 2.45. The summed E-state index contributed by atoms with van der Waals surface area (Å²) in [6, 6.07) is 8.48. The summed E-state index contributed by atoms with van der Waals surface area (Å²) in [6.07, 6.45) is 1.12. The summed E-state index contributed by atoms with van der Waals surface area (Å²) in [5.41, 5.74) is 8.34. The molecule has 1 aromatic carbocycles. The van der Waals surface area contributed by atoms with E-state index in [4.69, 9.17) is 10.8 Å². The van der Waals surface area contributed by atoms with Crippen molar-refractivity contribution in [2.75, 3.05) is 13.1 Å². The van der Waals surface area contributed by atoms with Gasteiger partial charge in [-0.15, -0.1) is 0 Å². The maximum Gasteiger partial charge on any atom is 0.0843 e. The van der Waals surface area contributed by atoms with Crippen LogP contribution in [-0.2, 0) is 13.1 Å². The first-order chi connectivity index (χ1) is 10.0. The maximum atomic E-state index is 5.97. The Hall–Kier alpha value is -1.39. The van der Waals surface area contributed by atoms with Gasteiger partial charge < -0.3 is 5.73 Å². The number of aromatic nitrogens is 2. The molecule has 0 aliphatic heterocycles. The largest absolute Gasteiger partial charge is 0.329 e. The van der Waals surface area contributed by atoms with Gasteiger partial charge in [-0.3, -0.25) is 9.58 Å². The third-order valence-electron chi connectivity index (χ3n) is 4.22. The molecule has 0 spiro atoms. The van der Waals surface area contributed by atoms with E-state index in [9.17, 15) is 0 Å². The van der Waals surface area contributed by atoms with E-state index in [0.717, 1.165) is 31.7 Å². The molecule has 116 valence electrons. The molecule has 21 heavy (non-hydrogen) atoms. The zero-order valence-corrected chi connectivity index (χ0v) is 13.8. The van der Waals surface area contributed by atoms with Crippen molar-refractivity contribution in [2.24, 2.45) is 5.73 Å². The lowest BCUT2D eigenvalue weighted by Crippen LogP contribution is -2.49. The van der Waals surface area contributed by atoms with Crippen molar-refractivity contribution >= 4 is 10.9 Å². The monoisotopic (exact) mass is 288 g/mol. The summed E-state index contributed by atoms with van der Waals surface area (Å²) in [6.45, 7) is 12.2. The van der Waals surface area contributed by atoms with Gasteiger partial charge in [0.05, 0.1) is 11.2 Å². The minimum Gasteiger partial charge on any atom is -0.329 e. The molecule has 0 atom stereocenters. The quantitative estimate of drug-likeness (QED) is 0.852. The number of aryl methyl sites for hydroxylation is 1. The average molecular weight is 288 g/mol. The van der Waals surface area contributed by atoms with Crippen LogP contribution in [0.2, 0.25) is 0 Å². The van der Waals surface area contributed by atoms with Crippen LogP contribution in [0.1, 0.15) is 39.8 Å². The van der Waals surface area contributed by atoms with Crippen LogP contribution in [0.5, 0.6) is 0 Å². The first kappa shape index (κ1) is 16.0. The number of hydrogen-bond donors (Lipinski definition) is 1. The highest BCUT2D eigenvalue weighted by Gasteiger charge is 2.26. The van der Waals surface area contributed by atoms with Crippen molar-refractivity contribution in [2.45, 2.75) is 52.7 Å². The topological polar surface area (TPSA) is 47.1 Å². The summed E-state index contributed by atoms with van der Waals surface area (Å²) in [7, 11) is 0. The highest BCUT2D eigenvalue weighted by molar-refractivity contribution is 5.81. The van der Waals surface area contributed by atoms with Crippen LogP contribution in [-0.4, -0.2) is 33.3 Å². The van der Waals surface area contributed by atoms with Crippen LogP contribution in [0.3, 0.4) is 0 Å². The van der Waals surface area contributed by atoms with Crippen molar-refractivity contribution in [1.29, 1.82) is 0 Å². The first-order valence-electron chi connectivity index (χ1n) is 7.93. The zero-order chi connectivity index (χ0) is 15.5. The summed E-state index contributed by atoms with van der Waals surface area (Å²) in [5.74, 6) is 0. The average Bonchev–Trinajstić information content (AvgIpc) is 2.85. The standard InChI is InChI=1S/C17H28N4/c1-5-11-20(17(3,4)13-18)12-15-14-9-7-8-10-16(14)21(6-2)19-15/h7-10H,5-6,11-13,18H2,1-4H3. The number of nitrogens with zero attached hydrogens (tertiary/aromatic N) is 3. The van der Waals surface area contributed by atoms with E-state index in [1.165, 1.54) is 10.9 Å². The smallest absolute Gasteiger partial charge is 0.0843 e. The molecule has 0 aliphatic rings. The van der Waals surface area contributed by atoms with Crippen LogP contribution in [0.25, 0.3) is 10.9 Å². The Labute approximate surface area is 127 Å². The lowest BCUT2D eigenvalue weighted by Gasteiger charge is -2.37. The molecule has 0 radical (unpaired) electrons. The van der Waals surface area contributed by atoms with Crippen LogP contribution in [0, 0.1) is 0 Å². The Bertz CT molecular complexity index is 585. The number of hydrogen-bond acceptors (Lipinski definition) is 3. The van der Waals surface area contributed by atoms with Gasteiger partial charge in [-0.1, -0.05) is 25.1 Å². The number of benzene rings is 1. The van der Waals surface area contributed by atoms with Gasteiger partial charge in [-0.2, -0.15) is 5.10 Å². The van der Waals surface area contributed by atoms with Crippen LogP contribution < -0.4 is 5.73 Å². The van der Waals surface area contributed by atoms with Gasteiger partial charge in [-0.25, -0.2) is 0 Å². The second-order valence-electron chi connectivity index (χ2n) is 6.22. The van der Waals surface area contributed by atoms with Crippen molar-refractivity contribution in [1.82, 2.24) is 14.7 Å². The molecule has 0 saturated carbocycles. The first-order valence-corrected chi connectivity index (χ1v) is 7.93. The zero-order valence-electron chi connectivity index (χ0n) is 13.8. The molecule has 2 N–H and O–H groups in total. The molecule has 4 nitrogen and oxygen atoms in total. The molecule has 0 saturated heterocycles. The highest BCUT2D eigenvalue weighted by Crippen LogP contribution is 2.23. The maximum absolute atomic E-state index is 5.97. The Morgan fingerprint density at radius 3 is 2.57 bits per heavy atom. The Balaban J connectivity index is 2.37. The molecule has 2 aromatic rings. The van der Waals surface area contributed by atoms with Gasteiger partial charge in [-0.05, 0) is 39.8 Å². The fourth-order valence-electron chi connectivity index (χ4n) is 2.73. The molecular formula is C17H28N4. The van der Waals surface area contributed by atoms with E-state index in [2.05, 4.69) is 61.5 Å². The Kier molecular flexibility index (Phi) is 5.01. The Morgan fingerprint density at radius 2 is 1.95 bits per heavy atom. The number of fused-ring (bicyclic) bond motifs is 1. The van der Waals surface area contributed by atoms with E-state index in [-0.39, 0.29) is 5.54 Å². The number of nitrogens with two attached hydrogens (primary N) is 1. The van der Waals surface area contributed by atoms with Crippen LogP contribution >= 0.6 is 0 Å². The third kappa shape index (κ3) is 3.27. The van der Waals surface area contributed by atoms with Crippen molar-refractivity contribution in [3.63, 3.8) is 0 Å². The van der Waals surface area contributed by atoms with Gasteiger partial charge in [0.1, 0.15) is 0 Å². The van der Waals surface area contributed by atoms with E-state index in [1.807, 2.05) is 0 Å². The van der Waals surface area contributed by atoms with Crippen LogP contribution in [0.4, 0.5) is 0 Å². The van der Waals surface area contributed by atoms with Gasteiger partial charge in [0.25, 0.3) is 0 Å². The van der Waals surface area contributed by atoms with E-state index < -0.39 is 0 Å². The molecule has 2 rings (SSSR count). The second-order valence-corrected chi connectivity index (χ2v) is 6.22. The third-order valence-corrected chi connectivity index (χ3v) is 4.22. The lowest BCUT2D eigenvalue weighted by molar-refractivity contribution is 0.117. The predicted octanol–water partition coefficient (Wildman–Crippen LogP) is 3.01. The SMILES string of the molecule is CCCN(Cc1nn(CC)c2ccccc12)C(C)(C)CN. The fourth-order valence-corrected chi connectivity index (χ4v) is 2.73. The van der Waals surface area contributed by atoms with Gasteiger partial charge >= 0.3 is 0 Å². The van der Waals surface area contributed by atoms with Crippen molar-refractivity contribution < 1.29 is 0 Å². The highest BCUT2D eigenvalue weighted by atomic mass is 15.3. The molecular weight excluding hydrogens is 260 g/mol. The van der Waals surface area contributed by atoms with E-state index in [1.54, 1.807) is 0 Å². The molecule has 1 aromatic heterocycles. The normalized spacial score (nSPS) is 12.5. The molecule has 0 aliphatic carbocycles. The van der Waals surface area contributed by atoms with E-state index >= 15 is 0 Å². The predicted molar refractivity (Wildman–Crippen MR) is 89.2 cm³/mol. The minimum atomic E-state index is -0.00684. The molecule has 4 heteroatoms. The van der Waals surface area contributed by atoms with Crippen LogP contribution in [0.15, 0.2) is 24.3 Å². The Morgan fingerprint density at radius 1 is 1.24 bits per heavy atom. The molecule has 0 fully saturated rings. The van der Waals surface area contributed by atoms with Gasteiger partial charge in [0.15, 0.2) is 0 Å². The fraction of sp³-hybridized carbons (Fsp3) is 0.588. The number of para-hydroxylation sites is 1. The second kappa shape index (κ2) is 6.58. The lowest BCUT2D eigenvalue weighted by atomic mass is 10.0. The summed E-state index contributed by atoms with van der Waals surface area (Å²) in [5, 5.41) is 6.07. The van der Waals surface area contributed by atoms with Gasteiger partial charge in [0.2, 0.25) is 0 Å². The van der Waals surface area contributed by atoms with Crippen molar-refractivity contribution in [3.05, 3.63) is 30.0 Å².